The van der Waals surface area contributed by atoms with Crippen LogP contribution in [-0.4, -0.2) is 29.6 Å². The first kappa shape index (κ1) is 12.4. The average Bonchev–Trinajstić information content (AvgIpc) is 2.29. The van der Waals surface area contributed by atoms with E-state index in [2.05, 4.69) is 17.2 Å². The molecule has 0 amide bonds. The Morgan fingerprint density at radius 1 is 1.50 bits per heavy atom. The van der Waals surface area contributed by atoms with Crippen LogP contribution in [0, 0.1) is 10.1 Å². The van der Waals surface area contributed by atoms with Gasteiger partial charge in [0, 0.05) is 12.6 Å². The Morgan fingerprint density at radius 2 is 2.31 bits per heavy atom. The SMILES string of the molecule is CCCNCCOc1ccc([N+](=O)[O-])nc1. The molecule has 6 nitrogen and oxygen atoms in total. The lowest BCUT2D eigenvalue weighted by Crippen LogP contribution is -2.21. The fourth-order valence-corrected chi connectivity index (χ4v) is 1.11. The van der Waals surface area contributed by atoms with Crippen LogP contribution in [0.5, 0.6) is 5.75 Å². The number of nitrogens with one attached hydrogen (secondary N) is 1. The first-order chi connectivity index (χ1) is 7.74. The standard InChI is InChI=1S/C10H15N3O3/c1-2-5-11-6-7-16-9-3-4-10(12-8-9)13(14)15/h3-4,8,11H,2,5-7H2,1H3. The lowest BCUT2D eigenvalue weighted by atomic mass is 10.4. The van der Waals surface area contributed by atoms with E-state index in [1.807, 2.05) is 0 Å². The summed E-state index contributed by atoms with van der Waals surface area (Å²) >= 11 is 0. The van der Waals surface area contributed by atoms with Gasteiger partial charge in [0.05, 0.1) is 0 Å². The molecule has 1 heterocycles. The van der Waals surface area contributed by atoms with E-state index in [0.29, 0.717) is 12.4 Å². The summed E-state index contributed by atoms with van der Waals surface area (Å²) in [5.41, 5.74) is 0. The summed E-state index contributed by atoms with van der Waals surface area (Å²) in [4.78, 5) is 13.5. The largest absolute Gasteiger partial charge is 0.488 e. The van der Waals surface area contributed by atoms with Crippen molar-refractivity contribution in [1.82, 2.24) is 10.3 Å². The minimum atomic E-state index is -0.535. The molecule has 0 aliphatic carbocycles. The number of hydrogen-bond donors (Lipinski definition) is 1. The first-order valence-electron chi connectivity index (χ1n) is 5.18. The topological polar surface area (TPSA) is 77.3 Å². The van der Waals surface area contributed by atoms with E-state index in [4.69, 9.17) is 4.74 Å². The van der Waals surface area contributed by atoms with Crippen LogP contribution < -0.4 is 10.1 Å². The maximum absolute atomic E-state index is 10.3. The Bertz CT molecular complexity index is 327. The van der Waals surface area contributed by atoms with Gasteiger partial charge in [0.1, 0.15) is 6.61 Å². The summed E-state index contributed by atoms with van der Waals surface area (Å²) < 4.78 is 5.34. The van der Waals surface area contributed by atoms with Crippen molar-refractivity contribution in [2.75, 3.05) is 19.7 Å². The van der Waals surface area contributed by atoms with Gasteiger partial charge in [-0.05, 0) is 28.9 Å². The third kappa shape index (κ3) is 4.22. The van der Waals surface area contributed by atoms with E-state index < -0.39 is 4.92 Å². The Hall–Kier alpha value is -1.69. The zero-order chi connectivity index (χ0) is 11.8. The van der Waals surface area contributed by atoms with Gasteiger partial charge >= 0.3 is 5.82 Å². The Kier molecular flexibility index (Phi) is 5.21. The molecule has 1 N–H and O–H groups in total. The van der Waals surface area contributed by atoms with Gasteiger partial charge < -0.3 is 20.2 Å². The molecule has 0 aliphatic rings. The summed E-state index contributed by atoms with van der Waals surface area (Å²) in [6.45, 7) is 4.33. The zero-order valence-corrected chi connectivity index (χ0v) is 9.18. The third-order valence-corrected chi connectivity index (χ3v) is 1.88. The van der Waals surface area contributed by atoms with Crippen LogP contribution in [0.2, 0.25) is 0 Å². The number of rotatable bonds is 7. The minimum absolute atomic E-state index is 0.170. The van der Waals surface area contributed by atoms with Crippen LogP contribution in [0.3, 0.4) is 0 Å². The highest BCUT2D eigenvalue weighted by Crippen LogP contribution is 2.12. The molecule has 0 atom stereocenters. The molecule has 0 unspecified atom stereocenters. The van der Waals surface area contributed by atoms with Crippen LogP contribution in [0.1, 0.15) is 13.3 Å². The van der Waals surface area contributed by atoms with Crippen molar-refractivity contribution in [3.8, 4) is 5.75 Å². The van der Waals surface area contributed by atoms with Crippen LogP contribution in [0.4, 0.5) is 5.82 Å². The zero-order valence-electron chi connectivity index (χ0n) is 9.18. The molecule has 1 rings (SSSR count). The van der Waals surface area contributed by atoms with Crippen molar-refractivity contribution in [3.63, 3.8) is 0 Å². The lowest BCUT2D eigenvalue weighted by Gasteiger charge is -2.04. The van der Waals surface area contributed by atoms with Gasteiger partial charge in [0.25, 0.3) is 0 Å². The molecule has 16 heavy (non-hydrogen) atoms. The van der Waals surface area contributed by atoms with Gasteiger partial charge in [-0.15, -0.1) is 0 Å². The van der Waals surface area contributed by atoms with Crippen LogP contribution >= 0.6 is 0 Å². The number of hydrogen-bond acceptors (Lipinski definition) is 5. The molecule has 0 saturated carbocycles. The van der Waals surface area contributed by atoms with Gasteiger partial charge in [0.15, 0.2) is 11.9 Å². The smallest absolute Gasteiger partial charge is 0.363 e. The molecular weight excluding hydrogens is 210 g/mol. The highest BCUT2D eigenvalue weighted by Gasteiger charge is 2.06. The highest BCUT2D eigenvalue weighted by molar-refractivity contribution is 5.26. The Balaban J connectivity index is 2.29. The monoisotopic (exact) mass is 225 g/mol. The normalized spacial score (nSPS) is 10.1. The lowest BCUT2D eigenvalue weighted by molar-refractivity contribution is -0.389. The predicted molar refractivity (Wildman–Crippen MR) is 59.5 cm³/mol. The summed E-state index contributed by atoms with van der Waals surface area (Å²) in [5.74, 6) is 0.375. The number of aromatic nitrogens is 1. The summed E-state index contributed by atoms with van der Waals surface area (Å²) in [6.07, 6.45) is 2.44. The maximum atomic E-state index is 10.3. The van der Waals surface area contributed by atoms with E-state index >= 15 is 0 Å². The summed E-state index contributed by atoms with van der Waals surface area (Å²) in [7, 11) is 0. The van der Waals surface area contributed by atoms with Crippen molar-refractivity contribution < 1.29 is 9.66 Å². The quantitative estimate of drug-likeness (QED) is 0.431. The van der Waals surface area contributed by atoms with Crippen molar-refractivity contribution in [1.29, 1.82) is 0 Å². The second-order valence-electron chi connectivity index (χ2n) is 3.21. The Labute approximate surface area is 93.8 Å². The van der Waals surface area contributed by atoms with E-state index in [9.17, 15) is 10.1 Å². The van der Waals surface area contributed by atoms with E-state index in [1.54, 1.807) is 6.07 Å². The van der Waals surface area contributed by atoms with Crippen LogP contribution in [-0.2, 0) is 0 Å². The van der Waals surface area contributed by atoms with Crippen molar-refractivity contribution >= 4 is 5.82 Å². The third-order valence-electron chi connectivity index (χ3n) is 1.88. The van der Waals surface area contributed by atoms with Crippen molar-refractivity contribution in [2.45, 2.75) is 13.3 Å². The second-order valence-corrected chi connectivity index (χ2v) is 3.21. The molecule has 1 aromatic rings. The van der Waals surface area contributed by atoms with Crippen LogP contribution in [0.25, 0.3) is 0 Å². The summed E-state index contributed by atoms with van der Waals surface area (Å²) in [6, 6.07) is 2.87. The maximum Gasteiger partial charge on any atom is 0.363 e. The molecule has 1 aromatic heterocycles. The average molecular weight is 225 g/mol. The predicted octanol–water partition coefficient (Wildman–Crippen LogP) is 1.37. The molecule has 0 saturated heterocycles. The molecular formula is C10H15N3O3. The number of nitro groups is 1. The van der Waals surface area contributed by atoms with Crippen molar-refractivity contribution in [2.24, 2.45) is 0 Å². The molecule has 0 bridgehead atoms. The Morgan fingerprint density at radius 3 is 2.88 bits per heavy atom. The highest BCUT2D eigenvalue weighted by atomic mass is 16.6. The molecule has 6 heteroatoms. The van der Waals surface area contributed by atoms with Crippen molar-refractivity contribution in [3.05, 3.63) is 28.4 Å². The van der Waals surface area contributed by atoms with E-state index in [1.165, 1.54) is 12.3 Å². The molecule has 0 aliphatic heterocycles. The number of pyridine rings is 1. The fraction of sp³-hybridized carbons (Fsp3) is 0.500. The minimum Gasteiger partial charge on any atom is -0.488 e. The van der Waals surface area contributed by atoms with Gasteiger partial charge in [-0.3, -0.25) is 0 Å². The molecule has 0 radical (unpaired) electrons. The molecule has 88 valence electrons. The number of ether oxygens (including phenoxy) is 1. The summed E-state index contributed by atoms with van der Waals surface area (Å²) in [5, 5.41) is 13.5. The van der Waals surface area contributed by atoms with Gasteiger partial charge in [-0.1, -0.05) is 6.92 Å². The van der Waals surface area contributed by atoms with E-state index in [0.717, 1.165) is 19.5 Å². The molecule has 0 fully saturated rings. The van der Waals surface area contributed by atoms with Crippen LogP contribution in [0.15, 0.2) is 18.3 Å². The second kappa shape index (κ2) is 6.73. The van der Waals surface area contributed by atoms with Gasteiger partial charge in [-0.25, -0.2) is 0 Å². The van der Waals surface area contributed by atoms with Gasteiger partial charge in [-0.2, -0.15) is 0 Å². The fourth-order valence-electron chi connectivity index (χ4n) is 1.11. The van der Waals surface area contributed by atoms with E-state index in [-0.39, 0.29) is 5.82 Å². The first-order valence-corrected chi connectivity index (χ1v) is 5.18. The van der Waals surface area contributed by atoms with Gasteiger partial charge in [0.2, 0.25) is 0 Å². The molecule has 0 aromatic carbocycles. The number of nitrogens with zero attached hydrogens (tertiary/aromatic N) is 2. The molecule has 0 spiro atoms.